The van der Waals surface area contributed by atoms with E-state index in [9.17, 15) is 0 Å². The molecule has 0 bridgehead atoms. The van der Waals surface area contributed by atoms with E-state index < -0.39 is 0 Å². The molecule has 0 amide bonds. The highest BCUT2D eigenvalue weighted by atomic mass is 127. The molecule has 0 N–H and O–H groups in total. The molecule has 0 saturated heterocycles. The lowest BCUT2D eigenvalue weighted by atomic mass is 10.2. The SMILES string of the molecule is C=C(C)Cc1sccc1I. The first-order valence-electron chi connectivity index (χ1n) is 3.06. The van der Waals surface area contributed by atoms with Crippen molar-refractivity contribution in [2.45, 2.75) is 13.3 Å². The predicted octanol–water partition coefficient (Wildman–Crippen LogP) is 3.47. The van der Waals surface area contributed by atoms with Crippen LogP contribution in [0.5, 0.6) is 0 Å². The van der Waals surface area contributed by atoms with Crippen molar-refractivity contribution in [3.8, 4) is 0 Å². The van der Waals surface area contributed by atoms with Crippen molar-refractivity contribution in [3.05, 3.63) is 32.0 Å². The molecule has 0 fully saturated rings. The fourth-order valence-electron chi connectivity index (χ4n) is 0.725. The molecular formula is C8H9IS. The van der Waals surface area contributed by atoms with Gasteiger partial charge in [-0.05, 0) is 41.0 Å². The monoisotopic (exact) mass is 264 g/mol. The normalized spacial score (nSPS) is 9.80. The fraction of sp³-hybridized carbons (Fsp3) is 0.250. The molecule has 1 aromatic heterocycles. The highest BCUT2D eigenvalue weighted by molar-refractivity contribution is 14.1. The minimum Gasteiger partial charge on any atom is -0.147 e. The lowest BCUT2D eigenvalue weighted by Crippen LogP contribution is -1.81. The van der Waals surface area contributed by atoms with Gasteiger partial charge < -0.3 is 0 Å². The summed E-state index contributed by atoms with van der Waals surface area (Å²) >= 11 is 4.17. The number of rotatable bonds is 2. The number of thiophene rings is 1. The first kappa shape index (κ1) is 8.27. The molecule has 0 aromatic carbocycles. The molecule has 0 aliphatic rings. The van der Waals surface area contributed by atoms with Crippen molar-refractivity contribution in [1.29, 1.82) is 0 Å². The van der Waals surface area contributed by atoms with Crippen molar-refractivity contribution >= 4 is 33.9 Å². The molecule has 0 aliphatic heterocycles. The average molecular weight is 264 g/mol. The largest absolute Gasteiger partial charge is 0.147 e. The maximum atomic E-state index is 3.87. The summed E-state index contributed by atoms with van der Waals surface area (Å²) < 4.78 is 1.37. The number of allylic oxidation sites excluding steroid dienone is 1. The molecule has 0 aliphatic carbocycles. The van der Waals surface area contributed by atoms with Crippen LogP contribution in [0.2, 0.25) is 0 Å². The molecule has 0 spiro atoms. The summed E-state index contributed by atoms with van der Waals surface area (Å²) in [4.78, 5) is 1.44. The van der Waals surface area contributed by atoms with Crippen molar-refractivity contribution in [3.63, 3.8) is 0 Å². The van der Waals surface area contributed by atoms with Crippen LogP contribution in [-0.4, -0.2) is 0 Å². The molecule has 1 heterocycles. The Morgan fingerprint density at radius 3 is 2.90 bits per heavy atom. The van der Waals surface area contributed by atoms with Crippen LogP contribution in [0, 0.1) is 3.57 Å². The Kier molecular flexibility index (Phi) is 2.92. The topological polar surface area (TPSA) is 0 Å². The summed E-state index contributed by atoms with van der Waals surface area (Å²) in [6, 6.07) is 2.14. The van der Waals surface area contributed by atoms with Crippen LogP contribution in [0.3, 0.4) is 0 Å². The molecule has 10 heavy (non-hydrogen) atoms. The second kappa shape index (κ2) is 3.53. The van der Waals surface area contributed by atoms with Crippen LogP contribution < -0.4 is 0 Å². The standard InChI is InChI=1S/C8H9IS/c1-6(2)5-8-7(9)3-4-10-8/h3-4H,1,5H2,2H3. The van der Waals surface area contributed by atoms with E-state index in [1.807, 2.05) is 11.3 Å². The maximum Gasteiger partial charge on any atom is 0.0272 e. The van der Waals surface area contributed by atoms with Gasteiger partial charge in [-0.1, -0.05) is 12.2 Å². The van der Waals surface area contributed by atoms with E-state index in [1.165, 1.54) is 14.0 Å². The van der Waals surface area contributed by atoms with Gasteiger partial charge in [-0.3, -0.25) is 0 Å². The molecular weight excluding hydrogens is 255 g/mol. The van der Waals surface area contributed by atoms with E-state index in [4.69, 9.17) is 0 Å². The van der Waals surface area contributed by atoms with E-state index in [0.29, 0.717) is 0 Å². The zero-order chi connectivity index (χ0) is 7.56. The van der Waals surface area contributed by atoms with Gasteiger partial charge in [0.25, 0.3) is 0 Å². The number of hydrogen-bond donors (Lipinski definition) is 0. The Bertz CT molecular complexity index is 237. The average Bonchev–Trinajstić information content (AvgIpc) is 2.15. The highest BCUT2D eigenvalue weighted by Gasteiger charge is 1.99. The van der Waals surface area contributed by atoms with Crippen LogP contribution in [0.15, 0.2) is 23.6 Å². The summed E-state index contributed by atoms with van der Waals surface area (Å²) in [6.07, 6.45) is 1.04. The zero-order valence-corrected chi connectivity index (χ0v) is 8.83. The summed E-state index contributed by atoms with van der Waals surface area (Å²) in [6.45, 7) is 5.94. The Morgan fingerprint density at radius 2 is 2.50 bits per heavy atom. The summed E-state index contributed by atoms with van der Waals surface area (Å²) in [5.74, 6) is 0. The van der Waals surface area contributed by atoms with Crippen LogP contribution in [0.4, 0.5) is 0 Å². The van der Waals surface area contributed by atoms with Crippen molar-refractivity contribution in [1.82, 2.24) is 0 Å². The van der Waals surface area contributed by atoms with Crippen LogP contribution in [0.25, 0.3) is 0 Å². The Hall–Kier alpha value is 0.170. The van der Waals surface area contributed by atoms with Gasteiger partial charge in [-0.15, -0.1) is 11.3 Å². The van der Waals surface area contributed by atoms with Gasteiger partial charge in [-0.25, -0.2) is 0 Å². The molecule has 0 radical (unpaired) electrons. The van der Waals surface area contributed by atoms with E-state index in [2.05, 4.69) is 47.5 Å². The second-order valence-corrected chi connectivity index (χ2v) is 4.49. The van der Waals surface area contributed by atoms with Gasteiger partial charge in [-0.2, -0.15) is 0 Å². The molecule has 0 atom stereocenters. The Labute approximate surface area is 79.1 Å². The van der Waals surface area contributed by atoms with Crippen LogP contribution in [0.1, 0.15) is 11.8 Å². The van der Waals surface area contributed by atoms with Crippen LogP contribution in [-0.2, 0) is 6.42 Å². The zero-order valence-electron chi connectivity index (χ0n) is 5.86. The predicted molar refractivity (Wildman–Crippen MR) is 55.6 cm³/mol. The summed E-state index contributed by atoms with van der Waals surface area (Å²) in [7, 11) is 0. The minimum atomic E-state index is 1.04. The third-order valence-electron chi connectivity index (χ3n) is 1.15. The van der Waals surface area contributed by atoms with E-state index in [0.717, 1.165) is 6.42 Å². The van der Waals surface area contributed by atoms with Gasteiger partial charge in [0, 0.05) is 14.9 Å². The quantitative estimate of drug-likeness (QED) is 0.566. The highest BCUT2D eigenvalue weighted by Crippen LogP contribution is 2.20. The molecule has 0 nitrogen and oxygen atoms in total. The van der Waals surface area contributed by atoms with Gasteiger partial charge in [0.2, 0.25) is 0 Å². The van der Waals surface area contributed by atoms with Crippen molar-refractivity contribution in [2.75, 3.05) is 0 Å². The molecule has 1 rings (SSSR count). The lowest BCUT2D eigenvalue weighted by Gasteiger charge is -1.95. The maximum absolute atomic E-state index is 3.87. The molecule has 54 valence electrons. The second-order valence-electron chi connectivity index (χ2n) is 2.33. The van der Waals surface area contributed by atoms with Crippen molar-refractivity contribution in [2.24, 2.45) is 0 Å². The molecule has 1 aromatic rings. The minimum absolute atomic E-state index is 1.04. The molecule has 0 unspecified atom stereocenters. The fourth-order valence-corrected chi connectivity index (χ4v) is 2.60. The smallest absolute Gasteiger partial charge is 0.0272 e. The Balaban J connectivity index is 2.74. The van der Waals surface area contributed by atoms with Gasteiger partial charge >= 0.3 is 0 Å². The molecule has 0 saturated carbocycles. The number of hydrogen-bond acceptors (Lipinski definition) is 1. The molecule has 2 heteroatoms. The van der Waals surface area contributed by atoms with Gasteiger partial charge in [0.1, 0.15) is 0 Å². The van der Waals surface area contributed by atoms with Gasteiger partial charge in [0.05, 0.1) is 0 Å². The number of halogens is 1. The third-order valence-corrected chi connectivity index (χ3v) is 3.45. The van der Waals surface area contributed by atoms with E-state index in [1.54, 1.807) is 0 Å². The third kappa shape index (κ3) is 2.09. The Morgan fingerprint density at radius 1 is 1.80 bits per heavy atom. The summed E-state index contributed by atoms with van der Waals surface area (Å²) in [5.41, 5.74) is 1.24. The van der Waals surface area contributed by atoms with Crippen molar-refractivity contribution < 1.29 is 0 Å². The van der Waals surface area contributed by atoms with E-state index >= 15 is 0 Å². The first-order valence-corrected chi connectivity index (χ1v) is 5.02. The summed E-state index contributed by atoms with van der Waals surface area (Å²) in [5, 5.41) is 2.13. The van der Waals surface area contributed by atoms with E-state index in [-0.39, 0.29) is 0 Å². The van der Waals surface area contributed by atoms with Crippen LogP contribution >= 0.6 is 33.9 Å². The lowest BCUT2D eigenvalue weighted by molar-refractivity contribution is 1.19. The first-order chi connectivity index (χ1) is 4.70. The van der Waals surface area contributed by atoms with Gasteiger partial charge in [0.15, 0.2) is 0 Å².